The highest BCUT2D eigenvalue weighted by Crippen LogP contribution is 2.27. The molecular weight excluding hydrogens is 239 g/mol. The van der Waals surface area contributed by atoms with Gasteiger partial charge in [0.05, 0.1) is 12.4 Å². The molecule has 2 heterocycles. The Balaban J connectivity index is 2.10. The van der Waals surface area contributed by atoms with Gasteiger partial charge in [0, 0.05) is 18.3 Å². The Kier molecular flexibility index (Phi) is 2.84. The van der Waals surface area contributed by atoms with Gasteiger partial charge in [-0.1, -0.05) is 5.16 Å². The van der Waals surface area contributed by atoms with Crippen molar-refractivity contribution < 1.29 is 17.7 Å². The Labute approximate surface area is 93.0 Å². The van der Waals surface area contributed by atoms with Crippen molar-refractivity contribution in [2.45, 2.75) is 18.6 Å². The van der Waals surface area contributed by atoms with Crippen LogP contribution in [0, 0.1) is 0 Å². The molecule has 2 aromatic rings. The minimum atomic E-state index is -4.63. The van der Waals surface area contributed by atoms with E-state index < -0.39 is 18.0 Å². The lowest BCUT2D eigenvalue weighted by atomic mass is 10.2. The summed E-state index contributed by atoms with van der Waals surface area (Å²) in [4.78, 5) is 9.73. The SMILES string of the molecule is N[C@H](Cc1cnc[nH]1)c1nc(C(F)(F)F)no1. The second-order valence-corrected chi connectivity index (χ2v) is 3.34. The molecule has 0 aliphatic rings. The molecule has 92 valence electrons. The zero-order chi connectivity index (χ0) is 12.5. The van der Waals surface area contributed by atoms with Gasteiger partial charge < -0.3 is 15.2 Å². The summed E-state index contributed by atoms with van der Waals surface area (Å²) in [7, 11) is 0. The molecule has 0 bridgehead atoms. The second kappa shape index (κ2) is 4.17. The number of rotatable bonds is 3. The molecule has 9 heteroatoms. The molecule has 3 N–H and O–H groups in total. The zero-order valence-electron chi connectivity index (χ0n) is 8.40. The lowest BCUT2D eigenvalue weighted by Gasteiger charge is -2.03. The van der Waals surface area contributed by atoms with Gasteiger partial charge in [-0.2, -0.15) is 18.2 Å². The van der Waals surface area contributed by atoms with Crippen LogP contribution >= 0.6 is 0 Å². The third-order valence-corrected chi connectivity index (χ3v) is 2.01. The van der Waals surface area contributed by atoms with E-state index in [-0.39, 0.29) is 12.3 Å². The van der Waals surface area contributed by atoms with Gasteiger partial charge in [0.15, 0.2) is 0 Å². The van der Waals surface area contributed by atoms with E-state index in [4.69, 9.17) is 5.73 Å². The summed E-state index contributed by atoms with van der Waals surface area (Å²) < 4.78 is 41.1. The van der Waals surface area contributed by atoms with Crippen LogP contribution in [0.15, 0.2) is 17.0 Å². The normalized spacial score (nSPS) is 13.9. The quantitative estimate of drug-likeness (QED) is 0.845. The monoisotopic (exact) mass is 247 g/mol. The predicted octanol–water partition coefficient (Wildman–Crippen LogP) is 1.05. The van der Waals surface area contributed by atoms with Gasteiger partial charge >= 0.3 is 6.18 Å². The molecule has 0 saturated carbocycles. The van der Waals surface area contributed by atoms with Crippen LogP contribution in [0.4, 0.5) is 13.2 Å². The summed E-state index contributed by atoms with van der Waals surface area (Å²) >= 11 is 0. The molecule has 0 aliphatic carbocycles. The number of nitrogens with one attached hydrogen (secondary N) is 1. The molecule has 2 aromatic heterocycles. The van der Waals surface area contributed by atoms with E-state index in [1.165, 1.54) is 12.5 Å². The fourth-order valence-electron chi connectivity index (χ4n) is 1.22. The first-order chi connectivity index (χ1) is 7.97. The number of H-pyrrole nitrogens is 1. The first-order valence-electron chi connectivity index (χ1n) is 4.60. The Morgan fingerprint density at radius 1 is 1.47 bits per heavy atom. The van der Waals surface area contributed by atoms with Gasteiger partial charge in [-0.15, -0.1) is 0 Å². The van der Waals surface area contributed by atoms with Gasteiger partial charge in [-0.3, -0.25) is 0 Å². The Morgan fingerprint density at radius 2 is 2.24 bits per heavy atom. The number of nitrogens with two attached hydrogens (primary N) is 1. The average Bonchev–Trinajstić information content (AvgIpc) is 2.85. The van der Waals surface area contributed by atoms with Crippen LogP contribution in [0.1, 0.15) is 23.5 Å². The second-order valence-electron chi connectivity index (χ2n) is 3.34. The molecule has 0 aromatic carbocycles. The van der Waals surface area contributed by atoms with Crippen LogP contribution in [0.5, 0.6) is 0 Å². The predicted molar refractivity (Wildman–Crippen MR) is 48.5 cm³/mol. The number of aromatic nitrogens is 4. The minimum Gasteiger partial charge on any atom is -0.348 e. The van der Waals surface area contributed by atoms with Crippen molar-refractivity contribution in [3.63, 3.8) is 0 Å². The molecule has 0 fully saturated rings. The average molecular weight is 247 g/mol. The molecule has 6 nitrogen and oxygen atoms in total. The summed E-state index contributed by atoms with van der Waals surface area (Å²) in [5.74, 6) is -1.58. The third-order valence-electron chi connectivity index (χ3n) is 2.01. The molecule has 17 heavy (non-hydrogen) atoms. The molecular formula is C8H8F3N5O. The Bertz CT molecular complexity index is 478. The van der Waals surface area contributed by atoms with E-state index >= 15 is 0 Å². The maximum atomic E-state index is 12.2. The van der Waals surface area contributed by atoms with E-state index in [0.29, 0.717) is 5.69 Å². The van der Waals surface area contributed by atoms with E-state index in [1.807, 2.05) is 0 Å². The lowest BCUT2D eigenvalue weighted by Crippen LogP contribution is -2.15. The molecule has 0 aliphatic heterocycles. The minimum absolute atomic E-state index is 0.236. The van der Waals surface area contributed by atoms with Crippen molar-refractivity contribution in [3.8, 4) is 0 Å². The van der Waals surface area contributed by atoms with Crippen LogP contribution in [-0.4, -0.2) is 20.1 Å². The molecule has 0 spiro atoms. The van der Waals surface area contributed by atoms with Crippen molar-refractivity contribution in [3.05, 3.63) is 29.9 Å². The number of aromatic amines is 1. The highest BCUT2D eigenvalue weighted by atomic mass is 19.4. The topological polar surface area (TPSA) is 93.6 Å². The largest absolute Gasteiger partial charge is 0.455 e. The van der Waals surface area contributed by atoms with Crippen molar-refractivity contribution >= 4 is 0 Å². The summed E-state index contributed by atoms with van der Waals surface area (Å²) in [5, 5.41) is 2.82. The summed E-state index contributed by atoms with van der Waals surface area (Å²) in [6.45, 7) is 0. The van der Waals surface area contributed by atoms with E-state index in [1.54, 1.807) is 0 Å². The first-order valence-corrected chi connectivity index (χ1v) is 4.60. The van der Waals surface area contributed by atoms with Gasteiger partial charge in [0.25, 0.3) is 5.82 Å². The van der Waals surface area contributed by atoms with Crippen molar-refractivity contribution in [1.29, 1.82) is 0 Å². The maximum Gasteiger partial charge on any atom is 0.455 e. The number of hydrogen-bond acceptors (Lipinski definition) is 5. The third kappa shape index (κ3) is 2.61. The molecule has 0 saturated heterocycles. The smallest absolute Gasteiger partial charge is 0.348 e. The Hall–Kier alpha value is -1.90. The highest BCUT2D eigenvalue weighted by Gasteiger charge is 2.37. The fourth-order valence-corrected chi connectivity index (χ4v) is 1.22. The van der Waals surface area contributed by atoms with Crippen molar-refractivity contribution in [2.24, 2.45) is 5.73 Å². The molecule has 0 radical (unpaired) electrons. The van der Waals surface area contributed by atoms with Gasteiger partial charge in [-0.05, 0) is 0 Å². The van der Waals surface area contributed by atoms with Crippen LogP contribution < -0.4 is 5.73 Å². The van der Waals surface area contributed by atoms with Crippen LogP contribution in [0.2, 0.25) is 0 Å². The van der Waals surface area contributed by atoms with Crippen LogP contribution in [0.3, 0.4) is 0 Å². The van der Waals surface area contributed by atoms with Gasteiger partial charge in [0.2, 0.25) is 5.89 Å². The summed E-state index contributed by atoms with van der Waals surface area (Å²) in [5.41, 5.74) is 6.30. The molecule has 1 atom stereocenters. The Morgan fingerprint density at radius 3 is 2.76 bits per heavy atom. The first kappa shape index (κ1) is 11.6. The number of alkyl halides is 3. The van der Waals surface area contributed by atoms with Gasteiger partial charge in [-0.25, -0.2) is 4.98 Å². The van der Waals surface area contributed by atoms with Gasteiger partial charge in [0.1, 0.15) is 0 Å². The fraction of sp³-hybridized carbons (Fsp3) is 0.375. The molecule has 2 rings (SSSR count). The summed E-state index contributed by atoms with van der Waals surface area (Å²) in [6, 6.07) is -0.806. The number of nitrogens with zero attached hydrogens (tertiary/aromatic N) is 3. The number of hydrogen-bond donors (Lipinski definition) is 2. The zero-order valence-corrected chi connectivity index (χ0v) is 8.40. The van der Waals surface area contributed by atoms with Crippen LogP contribution in [0.25, 0.3) is 0 Å². The van der Waals surface area contributed by atoms with Crippen LogP contribution in [-0.2, 0) is 12.6 Å². The molecule has 0 unspecified atom stereocenters. The van der Waals surface area contributed by atoms with E-state index in [0.717, 1.165) is 0 Å². The standard InChI is InChI=1S/C8H8F3N5O/c9-8(10,11)7-15-6(17-16-7)5(12)1-4-2-13-3-14-4/h2-3,5H,1,12H2,(H,13,14)/t5-/m1/s1. The van der Waals surface area contributed by atoms with E-state index in [2.05, 4.69) is 24.6 Å². The maximum absolute atomic E-state index is 12.2. The molecule has 0 amide bonds. The van der Waals surface area contributed by atoms with Crippen molar-refractivity contribution in [2.75, 3.05) is 0 Å². The lowest BCUT2D eigenvalue weighted by molar-refractivity contribution is -0.146. The summed E-state index contributed by atoms with van der Waals surface area (Å²) in [6.07, 6.45) is -1.44. The number of imidazole rings is 1. The van der Waals surface area contributed by atoms with E-state index in [9.17, 15) is 13.2 Å². The highest BCUT2D eigenvalue weighted by molar-refractivity contribution is 5.02. The number of halogens is 3. The van der Waals surface area contributed by atoms with Crippen molar-refractivity contribution in [1.82, 2.24) is 20.1 Å².